The molecule has 0 unspecified atom stereocenters. The minimum Gasteiger partial charge on any atom is -0.488 e. The molecule has 0 aliphatic carbocycles. The van der Waals surface area contributed by atoms with Gasteiger partial charge in [-0.3, -0.25) is 4.79 Å². The van der Waals surface area contributed by atoms with Crippen LogP contribution in [0.1, 0.15) is 44.7 Å². The number of alkyl halides is 3. The number of carbonyl (C=O) groups is 1. The highest BCUT2D eigenvalue weighted by atomic mass is 19.4. The number of hydrogen-bond donors (Lipinski definition) is 2. The Labute approximate surface area is 134 Å². The average molecular weight is 332 g/mol. The van der Waals surface area contributed by atoms with Crippen molar-refractivity contribution < 1.29 is 22.7 Å². The van der Waals surface area contributed by atoms with Crippen molar-refractivity contribution in [2.75, 3.05) is 6.54 Å². The van der Waals surface area contributed by atoms with Crippen LogP contribution in [0.4, 0.5) is 13.2 Å². The molecule has 0 bridgehead atoms. The number of nitrogens with two attached hydrogens (primary N) is 1. The van der Waals surface area contributed by atoms with E-state index in [2.05, 4.69) is 5.32 Å². The smallest absolute Gasteiger partial charge is 0.416 e. The maximum absolute atomic E-state index is 13.2. The zero-order valence-corrected chi connectivity index (χ0v) is 13.6. The highest BCUT2D eigenvalue weighted by Gasteiger charge is 2.34. The third-order valence-corrected chi connectivity index (χ3v) is 2.89. The van der Waals surface area contributed by atoms with E-state index in [0.717, 1.165) is 6.07 Å². The lowest BCUT2D eigenvalue weighted by Crippen LogP contribution is -2.26. The highest BCUT2D eigenvalue weighted by Crippen LogP contribution is 2.35. The molecule has 0 spiro atoms. The minimum atomic E-state index is -4.52. The molecule has 23 heavy (non-hydrogen) atoms. The quantitative estimate of drug-likeness (QED) is 0.840. The van der Waals surface area contributed by atoms with E-state index in [1.807, 2.05) is 0 Å². The molecule has 1 aromatic rings. The highest BCUT2D eigenvalue weighted by molar-refractivity contribution is 5.75. The molecule has 0 aromatic heterocycles. The van der Waals surface area contributed by atoms with Gasteiger partial charge in [0.15, 0.2) is 0 Å². The monoisotopic (exact) mass is 332 g/mol. The van der Waals surface area contributed by atoms with Crippen LogP contribution in [0.3, 0.4) is 0 Å². The maximum Gasteiger partial charge on any atom is 0.416 e. The molecule has 0 saturated heterocycles. The number of benzene rings is 1. The molecule has 0 heterocycles. The van der Waals surface area contributed by atoms with Crippen molar-refractivity contribution in [3.63, 3.8) is 0 Å². The van der Waals surface area contributed by atoms with Crippen LogP contribution in [0.2, 0.25) is 0 Å². The Kier molecular flexibility index (Phi) is 6.44. The van der Waals surface area contributed by atoms with E-state index in [0.29, 0.717) is 13.0 Å². The molecule has 1 aromatic carbocycles. The summed E-state index contributed by atoms with van der Waals surface area (Å²) >= 11 is 0. The molecule has 0 aliphatic heterocycles. The Hall–Kier alpha value is -1.76. The molecule has 7 heteroatoms. The lowest BCUT2D eigenvalue weighted by Gasteiger charge is -2.23. The van der Waals surface area contributed by atoms with E-state index >= 15 is 0 Å². The zero-order valence-electron chi connectivity index (χ0n) is 13.6. The van der Waals surface area contributed by atoms with Gasteiger partial charge in [0.05, 0.1) is 5.56 Å². The summed E-state index contributed by atoms with van der Waals surface area (Å²) in [6, 6.07) is 3.77. The third kappa shape index (κ3) is 6.90. The van der Waals surface area contributed by atoms with Crippen LogP contribution in [0.25, 0.3) is 0 Å². The Morgan fingerprint density at radius 2 is 1.91 bits per heavy atom. The van der Waals surface area contributed by atoms with Gasteiger partial charge < -0.3 is 15.8 Å². The average Bonchev–Trinajstić information content (AvgIpc) is 2.40. The van der Waals surface area contributed by atoms with Gasteiger partial charge in [0.2, 0.25) is 5.91 Å². The Balaban J connectivity index is 2.92. The van der Waals surface area contributed by atoms with Gasteiger partial charge in [0.1, 0.15) is 11.4 Å². The van der Waals surface area contributed by atoms with Crippen LogP contribution in [-0.4, -0.2) is 18.1 Å². The van der Waals surface area contributed by atoms with Gasteiger partial charge in [0, 0.05) is 13.0 Å². The molecule has 0 saturated carbocycles. The second kappa shape index (κ2) is 7.68. The first kappa shape index (κ1) is 19.3. The number of hydrogen-bond acceptors (Lipinski definition) is 3. The number of carbonyl (C=O) groups excluding carboxylic acids is 1. The fraction of sp³-hybridized carbons (Fsp3) is 0.562. The number of halogens is 3. The predicted octanol–water partition coefficient (Wildman–Crippen LogP) is 3.24. The largest absolute Gasteiger partial charge is 0.488 e. The topological polar surface area (TPSA) is 64.3 Å². The number of ether oxygens (including phenoxy) is 1. The van der Waals surface area contributed by atoms with Crippen molar-refractivity contribution in [1.82, 2.24) is 5.32 Å². The van der Waals surface area contributed by atoms with Gasteiger partial charge in [-0.05, 0) is 51.4 Å². The summed E-state index contributed by atoms with van der Waals surface area (Å²) in [7, 11) is 0. The maximum atomic E-state index is 13.2. The fourth-order valence-corrected chi connectivity index (χ4v) is 1.94. The van der Waals surface area contributed by atoms with Crippen LogP contribution in [0.15, 0.2) is 18.2 Å². The normalized spacial score (nSPS) is 12.1. The summed E-state index contributed by atoms with van der Waals surface area (Å²) in [5.41, 5.74) is 3.89. The molecule has 1 rings (SSSR count). The van der Waals surface area contributed by atoms with E-state index in [1.165, 1.54) is 12.1 Å². The molecule has 0 atom stereocenters. The molecule has 130 valence electrons. The van der Waals surface area contributed by atoms with Crippen molar-refractivity contribution in [3.8, 4) is 5.75 Å². The lowest BCUT2D eigenvalue weighted by molar-refractivity contribution is -0.138. The molecule has 4 nitrogen and oxygen atoms in total. The summed E-state index contributed by atoms with van der Waals surface area (Å²) in [5.74, 6) is -0.179. The first-order chi connectivity index (χ1) is 10.5. The molecule has 0 fully saturated rings. The summed E-state index contributed by atoms with van der Waals surface area (Å²) in [5, 5.41) is 2.48. The summed E-state index contributed by atoms with van der Waals surface area (Å²) < 4.78 is 45.1. The molecule has 0 aliphatic rings. The van der Waals surface area contributed by atoms with Crippen LogP contribution in [-0.2, 0) is 17.5 Å². The summed E-state index contributed by atoms with van der Waals surface area (Å²) in [6.07, 6.45) is -3.83. The molecule has 3 N–H and O–H groups in total. The van der Waals surface area contributed by atoms with Crippen molar-refractivity contribution in [2.24, 2.45) is 5.73 Å². The standard InChI is InChI=1S/C16H23F3N2O2/c1-15(2,3)23-12-7-6-11(13(9-12)16(17,18)19)10-21-14(22)5-4-8-20/h6-7,9H,4-5,8,10,20H2,1-3H3,(H,21,22). The minimum absolute atomic E-state index is 0.000132. The Bertz CT molecular complexity index is 537. The van der Waals surface area contributed by atoms with Crippen molar-refractivity contribution in [2.45, 2.75) is 51.9 Å². The molecular weight excluding hydrogens is 309 g/mol. The van der Waals surface area contributed by atoms with Gasteiger partial charge in [-0.1, -0.05) is 6.07 Å². The van der Waals surface area contributed by atoms with E-state index in [9.17, 15) is 18.0 Å². The first-order valence-electron chi connectivity index (χ1n) is 7.39. The number of rotatable bonds is 6. The summed E-state index contributed by atoms with van der Waals surface area (Å²) in [6.45, 7) is 5.44. The van der Waals surface area contributed by atoms with Gasteiger partial charge in [0.25, 0.3) is 0 Å². The van der Waals surface area contributed by atoms with Crippen LogP contribution < -0.4 is 15.8 Å². The number of nitrogens with one attached hydrogen (secondary N) is 1. The second-order valence-electron chi connectivity index (χ2n) is 6.20. The van der Waals surface area contributed by atoms with Crippen LogP contribution in [0, 0.1) is 0 Å². The zero-order chi connectivity index (χ0) is 17.7. The number of amides is 1. The Morgan fingerprint density at radius 1 is 1.26 bits per heavy atom. The summed E-state index contributed by atoms with van der Waals surface area (Å²) in [4.78, 5) is 11.5. The van der Waals surface area contributed by atoms with E-state index in [4.69, 9.17) is 10.5 Å². The van der Waals surface area contributed by atoms with Crippen molar-refractivity contribution in [1.29, 1.82) is 0 Å². The van der Waals surface area contributed by atoms with Crippen LogP contribution >= 0.6 is 0 Å². The van der Waals surface area contributed by atoms with E-state index in [-0.39, 0.29) is 30.2 Å². The van der Waals surface area contributed by atoms with Gasteiger partial charge in [-0.15, -0.1) is 0 Å². The predicted molar refractivity (Wildman–Crippen MR) is 82.0 cm³/mol. The van der Waals surface area contributed by atoms with Gasteiger partial charge in [-0.25, -0.2) is 0 Å². The van der Waals surface area contributed by atoms with Crippen LogP contribution in [0.5, 0.6) is 5.75 Å². The van der Waals surface area contributed by atoms with Crippen molar-refractivity contribution in [3.05, 3.63) is 29.3 Å². The molecule has 0 radical (unpaired) electrons. The SMILES string of the molecule is CC(C)(C)Oc1ccc(CNC(=O)CCCN)c(C(F)(F)F)c1. The van der Waals surface area contributed by atoms with Crippen molar-refractivity contribution >= 4 is 5.91 Å². The second-order valence-corrected chi connectivity index (χ2v) is 6.20. The molecular formula is C16H23F3N2O2. The van der Waals surface area contributed by atoms with E-state index < -0.39 is 17.3 Å². The Morgan fingerprint density at radius 3 is 2.43 bits per heavy atom. The third-order valence-electron chi connectivity index (χ3n) is 2.89. The van der Waals surface area contributed by atoms with Gasteiger partial charge >= 0.3 is 6.18 Å². The first-order valence-corrected chi connectivity index (χ1v) is 7.39. The lowest BCUT2D eigenvalue weighted by atomic mass is 10.1. The fourth-order valence-electron chi connectivity index (χ4n) is 1.94. The molecule has 1 amide bonds. The van der Waals surface area contributed by atoms with Gasteiger partial charge in [-0.2, -0.15) is 13.2 Å². The van der Waals surface area contributed by atoms with E-state index in [1.54, 1.807) is 20.8 Å².